The van der Waals surface area contributed by atoms with Crippen molar-refractivity contribution >= 4 is 0 Å². The van der Waals surface area contributed by atoms with E-state index in [1.54, 1.807) is 6.08 Å². The second-order valence-electron chi connectivity index (χ2n) is 3.51. The largest absolute Gasteiger partial charge is 0.320 e. The first-order chi connectivity index (χ1) is 7.68. The van der Waals surface area contributed by atoms with Crippen molar-refractivity contribution in [1.29, 1.82) is 0 Å². The van der Waals surface area contributed by atoms with Crippen LogP contribution in [0.5, 0.6) is 0 Å². The van der Waals surface area contributed by atoms with Crippen molar-refractivity contribution in [3.63, 3.8) is 0 Å². The summed E-state index contributed by atoms with van der Waals surface area (Å²) in [6.45, 7) is 9.10. The van der Waals surface area contributed by atoms with Crippen LogP contribution in [0.4, 0.5) is 0 Å². The Morgan fingerprint density at radius 3 is 2.44 bits per heavy atom. The van der Waals surface area contributed by atoms with Crippen LogP contribution in [-0.4, -0.2) is 25.5 Å². The van der Waals surface area contributed by atoms with Crippen LogP contribution in [0.25, 0.3) is 0 Å². The molecule has 0 saturated heterocycles. The van der Waals surface area contributed by atoms with Gasteiger partial charge in [0.2, 0.25) is 0 Å². The molecule has 0 aliphatic rings. The summed E-state index contributed by atoms with van der Waals surface area (Å²) in [5.41, 5.74) is 1.31. The van der Waals surface area contributed by atoms with Crippen molar-refractivity contribution in [1.82, 2.24) is 5.32 Å². The Labute approximate surface area is 99.4 Å². The van der Waals surface area contributed by atoms with Crippen LogP contribution in [0.3, 0.4) is 0 Å². The summed E-state index contributed by atoms with van der Waals surface area (Å²) in [7, 11) is 1.90. The molecule has 3 heteroatoms. The maximum atomic E-state index is 7.85. The van der Waals surface area contributed by atoms with Gasteiger partial charge in [0.05, 0.1) is 6.61 Å². The van der Waals surface area contributed by atoms with E-state index in [9.17, 15) is 0 Å². The van der Waals surface area contributed by atoms with Gasteiger partial charge in [-0.1, -0.05) is 36.5 Å². The molecule has 0 aliphatic heterocycles. The SMILES string of the molecule is C=C/C=C\C=C(C)C.CNCCCCOO. The normalized spacial score (nSPS) is 9.50. The molecule has 0 amide bonds. The second-order valence-corrected chi connectivity index (χ2v) is 3.51. The molecule has 0 aromatic carbocycles. The molecule has 0 fully saturated rings. The number of allylic oxidation sites excluding steroid dienone is 5. The highest BCUT2D eigenvalue weighted by Crippen LogP contribution is 1.88. The van der Waals surface area contributed by atoms with E-state index >= 15 is 0 Å². The average Bonchev–Trinajstić information content (AvgIpc) is 2.25. The van der Waals surface area contributed by atoms with Crippen LogP contribution < -0.4 is 5.32 Å². The Morgan fingerprint density at radius 1 is 1.31 bits per heavy atom. The first kappa shape index (κ1) is 17.5. The smallest absolute Gasteiger partial charge is 0.0820 e. The fraction of sp³-hybridized carbons (Fsp3) is 0.538. The summed E-state index contributed by atoms with van der Waals surface area (Å²) in [5, 5.41) is 10.8. The summed E-state index contributed by atoms with van der Waals surface area (Å²) >= 11 is 0. The molecular weight excluding hydrogens is 202 g/mol. The van der Waals surface area contributed by atoms with Gasteiger partial charge < -0.3 is 5.32 Å². The van der Waals surface area contributed by atoms with Crippen LogP contribution in [0.15, 0.2) is 36.5 Å². The van der Waals surface area contributed by atoms with Gasteiger partial charge in [0.25, 0.3) is 0 Å². The zero-order valence-corrected chi connectivity index (χ0v) is 10.7. The van der Waals surface area contributed by atoms with E-state index in [-0.39, 0.29) is 0 Å². The third kappa shape index (κ3) is 23.2. The maximum absolute atomic E-state index is 7.85. The predicted octanol–water partition coefficient (Wildman–Crippen LogP) is 3.17. The summed E-state index contributed by atoms with van der Waals surface area (Å²) in [6.07, 6.45) is 9.66. The molecule has 0 radical (unpaired) electrons. The number of hydrogen-bond donors (Lipinski definition) is 2. The predicted molar refractivity (Wildman–Crippen MR) is 70.5 cm³/mol. The van der Waals surface area contributed by atoms with Gasteiger partial charge in [-0.3, -0.25) is 5.26 Å². The highest BCUT2D eigenvalue weighted by Gasteiger charge is 1.83. The molecule has 2 N–H and O–H groups in total. The molecule has 0 aromatic rings. The van der Waals surface area contributed by atoms with Gasteiger partial charge in [0, 0.05) is 0 Å². The van der Waals surface area contributed by atoms with Crippen molar-refractivity contribution in [2.24, 2.45) is 0 Å². The quantitative estimate of drug-likeness (QED) is 0.304. The third-order valence-corrected chi connectivity index (χ3v) is 1.59. The van der Waals surface area contributed by atoms with Crippen LogP contribution in [0.1, 0.15) is 26.7 Å². The highest BCUT2D eigenvalue weighted by molar-refractivity contribution is 5.12. The first-order valence-electron chi connectivity index (χ1n) is 5.52. The van der Waals surface area contributed by atoms with E-state index in [0.29, 0.717) is 6.61 Å². The summed E-state index contributed by atoms with van der Waals surface area (Å²) in [6, 6.07) is 0. The van der Waals surface area contributed by atoms with E-state index in [1.807, 2.05) is 25.3 Å². The van der Waals surface area contributed by atoms with E-state index in [0.717, 1.165) is 19.4 Å². The Morgan fingerprint density at radius 2 is 2.00 bits per heavy atom. The minimum atomic E-state index is 0.446. The Hall–Kier alpha value is -0.900. The van der Waals surface area contributed by atoms with Crippen molar-refractivity contribution < 1.29 is 10.1 Å². The van der Waals surface area contributed by atoms with Gasteiger partial charge in [-0.05, 0) is 40.3 Å². The van der Waals surface area contributed by atoms with Gasteiger partial charge in [0.1, 0.15) is 0 Å². The summed E-state index contributed by atoms with van der Waals surface area (Å²) in [4.78, 5) is 3.86. The minimum Gasteiger partial charge on any atom is -0.320 e. The molecule has 0 bridgehead atoms. The third-order valence-electron chi connectivity index (χ3n) is 1.59. The molecule has 0 aliphatic carbocycles. The van der Waals surface area contributed by atoms with Gasteiger partial charge in [-0.25, -0.2) is 4.89 Å². The molecule has 94 valence electrons. The summed E-state index contributed by atoms with van der Waals surface area (Å²) < 4.78 is 0. The molecular formula is C13H25NO2. The Balaban J connectivity index is 0. The fourth-order valence-electron chi connectivity index (χ4n) is 0.795. The lowest BCUT2D eigenvalue weighted by molar-refractivity contribution is -0.242. The average molecular weight is 227 g/mol. The van der Waals surface area contributed by atoms with Gasteiger partial charge in [0.15, 0.2) is 0 Å². The van der Waals surface area contributed by atoms with E-state index in [4.69, 9.17) is 5.26 Å². The summed E-state index contributed by atoms with van der Waals surface area (Å²) in [5.74, 6) is 0. The first-order valence-corrected chi connectivity index (χ1v) is 5.52. The molecule has 0 saturated carbocycles. The van der Waals surface area contributed by atoms with Gasteiger partial charge >= 0.3 is 0 Å². The van der Waals surface area contributed by atoms with Crippen molar-refractivity contribution in [2.75, 3.05) is 20.2 Å². The zero-order valence-electron chi connectivity index (χ0n) is 10.7. The fourth-order valence-corrected chi connectivity index (χ4v) is 0.795. The standard InChI is InChI=1S/C8H12.C5H13NO2/c1-4-5-6-7-8(2)3;1-6-4-2-3-5-8-7/h4-7H,1H2,2-3H3;6-7H,2-5H2,1H3/b6-5-;. The molecule has 0 unspecified atom stereocenters. The molecule has 3 nitrogen and oxygen atoms in total. The van der Waals surface area contributed by atoms with E-state index in [1.165, 1.54) is 5.57 Å². The zero-order chi connectivity index (χ0) is 12.6. The lowest BCUT2D eigenvalue weighted by atomic mass is 10.3. The monoisotopic (exact) mass is 227 g/mol. The van der Waals surface area contributed by atoms with E-state index in [2.05, 4.69) is 30.6 Å². The number of unbranched alkanes of at least 4 members (excludes halogenated alkanes) is 1. The lowest BCUT2D eigenvalue weighted by Gasteiger charge is -1.95. The molecule has 0 spiro atoms. The van der Waals surface area contributed by atoms with Crippen molar-refractivity contribution in [2.45, 2.75) is 26.7 Å². The maximum Gasteiger partial charge on any atom is 0.0820 e. The molecule has 0 rings (SSSR count). The molecule has 0 atom stereocenters. The Bertz CT molecular complexity index is 188. The number of hydrogen-bond acceptors (Lipinski definition) is 3. The van der Waals surface area contributed by atoms with Crippen molar-refractivity contribution in [3.8, 4) is 0 Å². The van der Waals surface area contributed by atoms with Crippen LogP contribution in [0, 0.1) is 0 Å². The van der Waals surface area contributed by atoms with Crippen LogP contribution >= 0.6 is 0 Å². The highest BCUT2D eigenvalue weighted by atomic mass is 17.1. The van der Waals surface area contributed by atoms with Gasteiger partial charge in [-0.15, -0.1) is 0 Å². The molecule has 0 aromatic heterocycles. The minimum absolute atomic E-state index is 0.446. The lowest BCUT2D eigenvalue weighted by Crippen LogP contribution is -2.07. The Kier molecular flexibility index (Phi) is 18.1. The van der Waals surface area contributed by atoms with Crippen molar-refractivity contribution in [3.05, 3.63) is 36.5 Å². The number of rotatable bonds is 7. The van der Waals surface area contributed by atoms with Crippen LogP contribution in [0.2, 0.25) is 0 Å². The molecule has 16 heavy (non-hydrogen) atoms. The van der Waals surface area contributed by atoms with E-state index < -0.39 is 0 Å². The number of nitrogens with one attached hydrogen (secondary N) is 1. The van der Waals surface area contributed by atoms with Gasteiger partial charge in [-0.2, -0.15) is 0 Å². The molecule has 0 heterocycles. The second kappa shape index (κ2) is 16.5. The topological polar surface area (TPSA) is 41.5 Å². The van der Waals surface area contributed by atoms with Crippen LogP contribution in [-0.2, 0) is 4.89 Å².